The highest BCUT2D eigenvalue weighted by Gasteiger charge is 2.16. The molecule has 11 heteroatoms. The standard InChI is InChI=1S/C23H25N9OS/c1-2-4-18-17(3-1)27-19(28-18)13-25-21-20-22(32(15-26-20)16-5-12-34-14-16)30-23(29-21)24-6-7-31-8-10-33-11-9-31/h1-5,12,14-15H,6-11,13H2,(H,27,28)(H2,24,25,29,30). The van der Waals surface area contributed by atoms with E-state index in [-0.39, 0.29) is 0 Å². The molecule has 0 aliphatic carbocycles. The number of ether oxygens (including phenoxy) is 1. The van der Waals surface area contributed by atoms with Crippen LogP contribution in [0.25, 0.3) is 27.9 Å². The Morgan fingerprint density at radius 2 is 1.97 bits per heavy atom. The summed E-state index contributed by atoms with van der Waals surface area (Å²) in [6.07, 6.45) is 1.80. The molecule has 0 amide bonds. The van der Waals surface area contributed by atoms with Gasteiger partial charge in [-0.3, -0.25) is 9.47 Å². The molecule has 1 saturated heterocycles. The van der Waals surface area contributed by atoms with Gasteiger partial charge in [0.15, 0.2) is 17.0 Å². The van der Waals surface area contributed by atoms with Crippen LogP contribution in [0, 0.1) is 0 Å². The Hall–Kier alpha value is -3.54. The van der Waals surface area contributed by atoms with E-state index in [1.54, 1.807) is 17.7 Å². The van der Waals surface area contributed by atoms with Gasteiger partial charge in [0.05, 0.1) is 36.5 Å². The third kappa shape index (κ3) is 4.32. The second-order valence-corrected chi connectivity index (χ2v) is 8.88. The van der Waals surface area contributed by atoms with Crippen LogP contribution in [-0.4, -0.2) is 73.8 Å². The van der Waals surface area contributed by atoms with Crippen LogP contribution in [-0.2, 0) is 11.3 Å². The van der Waals surface area contributed by atoms with E-state index in [2.05, 4.69) is 41.9 Å². The van der Waals surface area contributed by atoms with Crippen molar-refractivity contribution in [3.05, 3.63) is 53.2 Å². The Bertz CT molecular complexity index is 1360. The Kier molecular flexibility index (Phi) is 5.79. The molecular formula is C23H25N9OS. The number of morpholine rings is 1. The van der Waals surface area contributed by atoms with E-state index in [0.717, 1.165) is 73.1 Å². The van der Waals surface area contributed by atoms with Gasteiger partial charge in [-0.1, -0.05) is 12.1 Å². The molecule has 0 radical (unpaired) electrons. The molecule has 174 valence electrons. The number of imidazole rings is 2. The molecule has 5 aromatic rings. The van der Waals surface area contributed by atoms with Crippen molar-refractivity contribution in [2.75, 3.05) is 50.0 Å². The zero-order chi connectivity index (χ0) is 22.7. The minimum absolute atomic E-state index is 0.499. The van der Waals surface area contributed by atoms with Crippen LogP contribution in [0.4, 0.5) is 11.8 Å². The summed E-state index contributed by atoms with van der Waals surface area (Å²) in [6, 6.07) is 10.1. The van der Waals surface area contributed by atoms with E-state index >= 15 is 0 Å². The van der Waals surface area contributed by atoms with Gasteiger partial charge in [0, 0.05) is 31.6 Å². The summed E-state index contributed by atoms with van der Waals surface area (Å²) < 4.78 is 7.43. The van der Waals surface area contributed by atoms with Crippen LogP contribution in [0.2, 0.25) is 0 Å². The van der Waals surface area contributed by atoms with Gasteiger partial charge in [0.2, 0.25) is 5.95 Å². The van der Waals surface area contributed by atoms with Crippen molar-refractivity contribution in [2.45, 2.75) is 6.54 Å². The number of anilines is 2. The van der Waals surface area contributed by atoms with Gasteiger partial charge in [-0.05, 0) is 23.6 Å². The van der Waals surface area contributed by atoms with Gasteiger partial charge < -0.3 is 20.4 Å². The predicted molar refractivity (Wildman–Crippen MR) is 134 cm³/mol. The molecule has 1 aliphatic heterocycles. The largest absolute Gasteiger partial charge is 0.379 e. The summed E-state index contributed by atoms with van der Waals surface area (Å²) in [6.45, 7) is 5.65. The number of aromatic amines is 1. The highest BCUT2D eigenvalue weighted by molar-refractivity contribution is 7.08. The number of rotatable bonds is 8. The fourth-order valence-electron chi connectivity index (χ4n) is 4.09. The normalized spacial score (nSPS) is 14.7. The minimum atomic E-state index is 0.499. The molecule has 1 fully saturated rings. The minimum Gasteiger partial charge on any atom is -0.379 e. The number of hydrogen-bond donors (Lipinski definition) is 3. The number of aromatic nitrogens is 6. The Morgan fingerprint density at radius 3 is 2.82 bits per heavy atom. The van der Waals surface area contributed by atoms with Gasteiger partial charge in [0.25, 0.3) is 0 Å². The maximum absolute atomic E-state index is 5.44. The molecule has 0 atom stereocenters. The van der Waals surface area contributed by atoms with Gasteiger partial charge in [-0.15, -0.1) is 0 Å². The van der Waals surface area contributed by atoms with Crippen molar-refractivity contribution < 1.29 is 4.74 Å². The first-order chi connectivity index (χ1) is 16.8. The van der Waals surface area contributed by atoms with Crippen LogP contribution in [0.1, 0.15) is 5.82 Å². The second kappa shape index (κ2) is 9.37. The molecule has 4 aromatic heterocycles. The van der Waals surface area contributed by atoms with E-state index in [1.807, 2.05) is 34.2 Å². The summed E-state index contributed by atoms with van der Waals surface area (Å²) in [7, 11) is 0. The van der Waals surface area contributed by atoms with Gasteiger partial charge in [0.1, 0.15) is 12.2 Å². The number of hydrogen-bond acceptors (Lipinski definition) is 9. The highest BCUT2D eigenvalue weighted by atomic mass is 32.1. The third-order valence-electron chi connectivity index (χ3n) is 5.86. The molecule has 1 aromatic carbocycles. The zero-order valence-electron chi connectivity index (χ0n) is 18.6. The van der Waals surface area contributed by atoms with Gasteiger partial charge in [-0.25, -0.2) is 9.97 Å². The summed E-state index contributed by atoms with van der Waals surface area (Å²) in [5, 5.41) is 10.9. The lowest BCUT2D eigenvalue weighted by molar-refractivity contribution is 0.0398. The van der Waals surface area contributed by atoms with Crippen molar-refractivity contribution >= 4 is 45.3 Å². The number of benzene rings is 1. The molecular weight excluding hydrogens is 450 g/mol. The van der Waals surface area contributed by atoms with Crippen molar-refractivity contribution in [1.82, 2.24) is 34.4 Å². The number of nitrogens with one attached hydrogen (secondary N) is 3. The first kappa shape index (κ1) is 21.0. The Labute approximate surface area is 200 Å². The van der Waals surface area contributed by atoms with Gasteiger partial charge >= 0.3 is 0 Å². The van der Waals surface area contributed by atoms with Gasteiger partial charge in [-0.2, -0.15) is 21.3 Å². The fourth-order valence-corrected chi connectivity index (χ4v) is 4.72. The summed E-state index contributed by atoms with van der Waals surface area (Å²) in [5.41, 5.74) is 4.47. The van der Waals surface area contributed by atoms with Crippen molar-refractivity contribution in [3.8, 4) is 5.69 Å². The quantitative estimate of drug-likeness (QED) is 0.314. The maximum Gasteiger partial charge on any atom is 0.226 e. The summed E-state index contributed by atoms with van der Waals surface area (Å²) >= 11 is 1.64. The Balaban J connectivity index is 1.26. The average Bonchev–Trinajstić information content (AvgIpc) is 3.62. The highest BCUT2D eigenvalue weighted by Crippen LogP contribution is 2.25. The molecule has 0 saturated carbocycles. The van der Waals surface area contributed by atoms with E-state index in [9.17, 15) is 0 Å². The third-order valence-corrected chi connectivity index (χ3v) is 6.53. The SMILES string of the molecule is c1ccc2[nH]c(CNc3nc(NCCN4CCOCC4)nc4c3ncn4-c3ccsc3)nc2c1. The molecule has 3 N–H and O–H groups in total. The molecule has 0 bridgehead atoms. The number of thiophene rings is 1. The van der Waals surface area contributed by atoms with Crippen LogP contribution < -0.4 is 10.6 Å². The number of para-hydroxylation sites is 2. The van der Waals surface area contributed by atoms with Crippen molar-refractivity contribution in [1.29, 1.82) is 0 Å². The fraction of sp³-hybridized carbons (Fsp3) is 0.304. The van der Waals surface area contributed by atoms with Crippen molar-refractivity contribution in [2.24, 2.45) is 0 Å². The maximum atomic E-state index is 5.44. The molecule has 0 unspecified atom stereocenters. The lowest BCUT2D eigenvalue weighted by Crippen LogP contribution is -2.39. The number of H-pyrrole nitrogens is 1. The van der Waals surface area contributed by atoms with Crippen LogP contribution in [0.5, 0.6) is 0 Å². The first-order valence-corrected chi connectivity index (χ1v) is 12.3. The zero-order valence-corrected chi connectivity index (χ0v) is 19.4. The summed E-state index contributed by atoms with van der Waals surface area (Å²) in [5.74, 6) is 2.09. The van der Waals surface area contributed by atoms with E-state index in [4.69, 9.17) is 14.7 Å². The van der Waals surface area contributed by atoms with E-state index < -0.39 is 0 Å². The topological polar surface area (TPSA) is 109 Å². The monoisotopic (exact) mass is 475 g/mol. The molecule has 6 rings (SSSR count). The van der Waals surface area contributed by atoms with Crippen LogP contribution >= 0.6 is 11.3 Å². The first-order valence-electron chi connectivity index (χ1n) is 11.3. The molecule has 34 heavy (non-hydrogen) atoms. The van der Waals surface area contributed by atoms with E-state index in [1.165, 1.54) is 0 Å². The van der Waals surface area contributed by atoms with Crippen LogP contribution in [0.3, 0.4) is 0 Å². The second-order valence-electron chi connectivity index (χ2n) is 8.10. The molecule has 5 heterocycles. The molecule has 1 aliphatic rings. The van der Waals surface area contributed by atoms with Crippen LogP contribution in [0.15, 0.2) is 47.4 Å². The number of nitrogens with zero attached hydrogens (tertiary/aromatic N) is 6. The van der Waals surface area contributed by atoms with E-state index in [0.29, 0.717) is 18.3 Å². The molecule has 10 nitrogen and oxygen atoms in total. The Morgan fingerprint density at radius 1 is 1.06 bits per heavy atom. The van der Waals surface area contributed by atoms with Crippen molar-refractivity contribution in [3.63, 3.8) is 0 Å². The lowest BCUT2D eigenvalue weighted by Gasteiger charge is -2.26. The lowest BCUT2D eigenvalue weighted by atomic mass is 10.3. The summed E-state index contributed by atoms with van der Waals surface area (Å²) in [4.78, 5) is 24.6. The average molecular weight is 476 g/mol. The smallest absolute Gasteiger partial charge is 0.226 e. The molecule has 0 spiro atoms. The number of fused-ring (bicyclic) bond motifs is 2. The predicted octanol–water partition coefficient (Wildman–Crippen LogP) is 3.11.